The molecule has 0 heterocycles. The fraction of sp³-hybridized carbons (Fsp3) is 0.462. The first-order chi connectivity index (χ1) is 8.60. The van der Waals surface area contributed by atoms with Crippen LogP contribution in [-0.4, -0.2) is 25.1 Å². The summed E-state index contributed by atoms with van der Waals surface area (Å²) < 4.78 is 6.11. The second kappa shape index (κ2) is 5.61. The van der Waals surface area contributed by atoms with E-state index in [2.05, 4.69) is 26.6 Å². The van der Waals surface area contributed by atoms with Crippen LogP contribution in [0.5, 0.6) is 5.75 Å². The van der Waals surface area contributed by atoms with Crippen LogP contribution in [0.2, 0.25) is 0 Å². The molecule has 0 aliphatic heterocycles. The van der Waals surface area contributed by atoms with Gasteiger partial charge in [0.25, 0.3) is 0 Å². The molecule has 98 valence electrons. The lowest BCUT2D eigenvalue weighted by atomic mass is 10.2. The molecule has 1 amide bonds. The van der Waals surface area contributed by atoms with E-state index in [1.807, 2.05) is 25.1 Å². The number of benzene rings is 1. The monoisotopic (exact) mass is 312 g/mol. The third-order valence-electron chi connectivity index (χ3n) is 2.85. The molecule has 2 rings (SSSR count). The molecule has 0 spiro atoms. The molecule has 1 atom stereocenters. The molecule has 0 bridgehead atoms. The van der Waals surface area contributed by atoms with Crippen molar-refractivity contribution in [2.24, 2.45) is 0 Å². The molecule has 0 saturated heterocycles. The zero-order chi connectivity index (χ0) is 13.1. The lowest BCUT2D eigenvalue weighted by Gasteiger charge is -2.16. The fourth-order valence-corrected chi connectivity index (χ4v) is 2.03. The number of rotatable bonds is 5. The maximum Gasteiger partial charge on any atom is 0.242 e. The second-order valence-corrected chi connectivity index (χ2v) is 5.35. The Morgan fingerprint density at radius 1 is 1.50 bits per heavy atom. The number of methoxy groups -OCH3 is 1. The van der Waals surface area contributed by atoms with E-state index in [-0.39, 0.29) is 11.9 Å². The number of carbonyl (C=O) groups excluding carboxylic acids is 1. The standard InChI is InChI=1S/C13H17BrN2O2/c1-8(13(17)16-9-3-4-9)15-10-5-6-11(14)12(7-10)18-2/h5-9,15H,3-4H2,1-2H3,(H,16,17). The molecule has 18 heavy (non-hydrogen) atoms. The first kappa shape index (κ1) is 13.2. The number of amides is 1. The SMILES string of the molecule is COc1cc(NC(C)C(=O)NC2CC2)ccc1Br. The predicted molar refractivity (Wildman–Crippen MR) is 74.9 cm³/mol. The number of hydrogen-bond acceptors (Lipinski definition) is 3. The van der Waals surface area contributed by atoms with E-state index < -0.39 is 0 Å². The molecular weight excluding hydrogens is 296 g/mol. The van der Waals surface area contributed by atoms with Crippen LogP contribution in [0, 0.1) is 0 Å². The number of anilines is 1. The van der Waals surface area contributed by atoms with E-state index in [0.29, 0.717) is 6.04 Å². The van der Waals surface area contributed by atoms with Crippen LogP contribution in [0.15, 0.2) is 22.7 Å². The lowest BCUT2D eigenvalue weighted by molar-refractivity contribution is -0.121. The highest BCUT2D eigenvalue weighted by atomic mass is 79.9. The van der Waals surface area contributed by atoms with Gasteiger partial charge < -0.3 is 15.4 Å². The van der Waals surface area contributed by atoms with Gasteiger partial charge in [-0.25, -0.2) is 0 Å². The van der Waals surface area contributed by atoms with Gasteiger partial charge in [-0.15, -0.1) is 0 Å². The molecular formula is C13H17BrN2O2. The van der Waals surface area contributed by atoms with E-state index in [1.165, 1.54) is 0 Å². The normalized spacial score (nSPS) is 15.9. The number of halogens is 1. The first-order valence-electron chi connectivity index (χ1n) is 6.00. The minimum absolute atomic E-state index is 0.0411. The van der Waals surface area contributed by atoms with E-state index in [4.69, 9.17) is 4.74 Å². The molecule has 1 unspecified atom stereocenters. The minimum atomic E-state index is -0.253. The van der Waals surface area contributed by atoms with Gasteiger partial charge in [-0.3, -0.25) is 4.79 Å². The molecule has 1 aromatic rings. The summed E-state index contributed by atoms with van der Waals surface area (Å²) in [5.41, 5.74) is 0.869. The van der Waals surface area contributed by atoms with Crippen LogP contribution in [-0.2, 0) is 4.79 Å². The summed E-state index contributed by atoms with van der Waals surface area (Å²) in [7, 11) is 1.62. The predicted octanol–water partition coefficient (Wildman–Crippen LogP) is 2.54. The van der Waals surface area contributed by atoms with Crippen molar-refractivity contribution >= 4 is 27.5 Å². The highest BCUT2D eigenvalue weighted by Crippen LogP contribution is 2.28. The quantitative estimate of drug-likeness (QED) is 0.878. The fourth-order valence-electron chi connectivity index (χ4n) is 1.62. The minimum Gasteiger partial charge on any atom is -0.495 e. The Morgan fingerprint density at radius 2 is 2.22 bits per heavy atom. The smallest absolute Gasteiger partial charge is 0.242 e. The van der Waals surface area contributed by atoms with E-state index in [1.54, 1.807) is 7.11 Å². The van der Waals surface area contributed by atoms with Gasteiger partial charge in [0.1, 0.15) is 11.8 Å². The maximum absolute atomic E-state index is 11.8. The van der Waals surface area contributed by atoms with Crippen LogP contribution in [0.1, 0.15) is 19.8 Å². The third-order valence-corrected chi connectivity index (χ3v) is 3.51. The largest absolute Gasteiger partial charge is 0.495 e. The maximum atomic E-state index is 11.8. The first-order valence-corrected chi connectivity index (χ1v) is 6.80. The van der Waals surface area contributed by atoms with Crippen molar-refractivity contribution in [2.75, 3.05) is 12.4 Å². The number of ether oxygens (including phenoxy) is 1. The third kappa shape index (κ3) is 3.38. The van der Waals surface area contributed by atoms with Crippen LogP contribution in [0.4, 0.5) is 5.69 Å². The summed E-state index contributed by atoms with van der Waals surface area (Å²) in [6.07, 6.45) is 2.20. The van der Waals surface area contributed by atoms with E-state index >= 15 is 0 Å². The van der Waals surface area contributed by atoms with Gasteiger partial charge in [-0.1, -0.05) is 0 Å². The van der Waals surface area contributed by atoms with Gasteiger partial charge in [0, 0.05) is 17.8 Å². The summed E-state index contributed by atoms with van der Waals surface area (Å²) in [5, 5.41) is 6.14. The van der Waals surface area contributed by atoms with Gasteiger partial charge in [0.05, 0.1) is 11.6 Å². The van der Waals surface area contributed by atoms with Crippen molar-refractivity contribution in [3.8, 4) is 5.75 Å². The number of carbonyl (C=O) groups is 1. The van der Waals surface area contributed by atoms with Crippen LogP contribution in [0.3, 0.4) is 0 Å². The lowest BCUT2D eigenvalue weighted by Crippen LogP contribution is -2.38. The average Bonchev–Trinajstić information content (AvgIpc) is 3.15. The molecule has 1 aromatic carbocycles. The Bertz CT molecular complexity index is 447. The van der Waals surface area contributed by atoms with Crippen LogP contribution >= 0.6 is 15.9 Å². The summed E-state index contributed by atoms with van der Waals surface area (Å²) in [6.45, 7) is 1.85. The molecule has 2 N–H and O–H groups in total. The van der Waals surface area contributed by atoms with Crippen molar-refractivity contribution in [1.82, 2.24) is 5.32 Å². The van der Waals surface area contributed by atoms with Gasteiger partial charge in [0.2, 0.25) is 5.91 Å². The topological polar surface area (TPSA) is 50.4 Å². The van der Waals surface area contributed by atoms with Crippen molar-refractivity contribution in [3.63, 3.8) is 0 Å². The zero-order valence-corrected chi connectivity index (χ0v) is 12.1. The van der Waals surface area contributed by atoms with Crippen molar-refractivity contribution in [3.05, 3.63) is 22.7 Å². The second-order valence-electron chi connectivity index (χ2n) is 4.50. The van der Waals surface area contributed by atoms with E-state index in [9.17, 15) is 4.79 Å². The van der Waals surface area contributed by atoms with Crippen molar-refractivity contribution < 1.29 is 9.53 Å². The Hall–Kier alpha value is -1.23. The Labute approximate surface area is 115 Å². The molecule has 1 aliphatic carbocycles. The highest BCUT2D eigenvalue weighted by Gasteiger charge is 2.25. The van der Waals surface area contributed by atoms with Gasteiger partial charge in [0.15, 0.2) is 0 Å². The molecule has 5 heteroatoms. The van der Waals surface area contributed by atoms with E-state index in [0.717, 1.165) is 28.8 Å². The van der Waals surface area contributed by atoms with Crippen LogP contribution < -0.4 is 15.4 Å². The van der Waals surface area contributed by atoms with Crippen LogP contribution in [0.25, 0.3) is 0 Å². The van der Waals surface area contributed by atoms with Gasteiger partial charge >= 0.3 is 0 Å². The van der Waals surface area contributed by atoms with Crippen molar-refractivity contribution in [2.45, 2.75) is 31.8 Å². The Balaban J connectivity index is 1.96. The Kier molecular flexibility index (Phi) is 4.11. The number of hydrogen-bond donors (Lipinski definition) is 2. The molecule has 0 radical (unpaired) electrons. The van der Waals surface area contributed by atoms with Gasteiger partial charge in [-0.2, -0.15) is 0 Å². The summed E-state index contributed by atoms with van der Waals surface area (Å²) in [6, 6.07) is 5.81. The molecule has 4 nitrogen and oxygen atoms in total. The summed E-state index contributed by atoms with van der Waals surface area (Å²) in [5.74, 6) is 0.786. The molecule has 0 aromatic heterocycles. The average molecular weight is 313 g/mol. The molecule has 1 aliphatic rings. The molecule has 1 saturated carbocycles. The summed E-state index contributed by atoms with van der Waals surface area (Å²) in [4.78, 5) is 11.8. The zero-order valence-electron chi connectivity index (χ0n) is 10.5. The molecule has 1 fully saturated rings. The van der Waals surface area contributed by atoms with Gasteiger partial charge in [-0.05, 0) is 47.8 Å². The Morgan fingerprint density at radius 3 is 2.83 bits per heavy atom. The highest BCUT2D eigenvalue weighted by molar-refractivity contribution is 9.10. The van der Waals surface area contributed by atoms with Crippen molar-refractivity contribution in [1.29, 1.82) is 0 Å². The number of nitrogens with one attached hydrogen (secondary N) is 2. The summed E-state index contributed by atoms with van der Waals surface area (Å²) >= 11 is 3.39.